The van der Waals surface area contributed by atoms with Gasteiger partial charge in [0.15, 0.2) is 0 Å². The van der Waals surface area contributed by atoms with E-state index in [4.69, 9.17) is 9.47 Å². The van der Waals surface area contributed by atoms with Gasteiger partial charge in [0.05, 0.1) is 14.2 Å². The lowest BCUT2D eigenvalue weighted by atomic mass is 10.0. The van der Waals surface area contributed by atoms with E-state index < -0.39 is 0 Å². The molecule has 0 bridgehead atoms. The summed E-state index contributed by atoms with van der Waals surface area (Å²) in [5.41, 5.74) is 1.18. The largest absolute Gasteiger partial charge is 0.497 e. The van der Waals surface area contributed by atoms with Gasteiger partial charge in [0, 0.05) is 17.7 Å². The second-order valence-corrected chi connectivity index (χ2v) is 4.92. The number of rotatable bonds is 8. The first-order valence-electron chi connectivity index (χ1n) is 7.11. The van der Waals surface area contributed by atoms with Crippen molar-refractivity contribution < 1.29 is 9.47 Å². The molecule has 0 spiro atoms. The normalized spacial score (nSPS) is 12.5. The van der Waals surface area contributed by atoms with Crippen molar-refractivity contribution in [2.75, 3.05) is 20.8 Å². The summed E-state index contributed by atoms with van der Waals surface area (Å²) in [6.45, 7) is 7.71. The lowest BCUT2D eigenvalue weighted by Crippen LogP contribution is -2.25. The Morgan fingerprint density at radius 3 is 2.32 bits per heavy atom. The van der Waals surface area contributed by atoms with Crippen molar-refractivity contribution >= 4 is 0 Å². The highest BCUT2D eigenvalue weighted by molar-refractivity contribution is 5.42. The van der Waals surface area contributed by atoms with Gasteiger partial charge in [-0.05, 0) is 25.5 Å². The van der Waals surface area contributed by atoms with Crippen LogP contribution in [-0.4, -0.2) is 20.8 Å². The molecule has 3 heteroatoms. The van der Waals surface area contributed by atoms with Gasteiger partial charge in [0.2, 0.25) is 0 Å². The van der Waals surface area contributed by atoms with Crippen molar-refractivity contribution in [2.45, 2.75) is 39.7 Å². The summed E-state index contributed by atoms with van der Waals surface area (Å²) in [5, 5.41) is 3.59. The molecule has 0 saturated carbocycles. The molecule has 0 aliphatic carbocycles. The first-order chi connectivity index (χ1) is 9.15. The van der Waals surface area contributed by atoms with Gasteiger partial charge in [-0.1, -0.05) is 32.8 Å². The van der Waals surface area contributed by atoms with E-state index in [1.54, 1.807) is 14.2 Å². The molecule has 1 aromatic rings. The van der Waals surface area contributed by atoms with E-state index in [0.717, 1.165) is 24.0 Å². The lowest BCUT2D eigenvalue weighted by Gasteiger charge is -2.21. The molecule has 1 atom stereocenters. The van der Waals surface area contributed by atoms with Gasteiger partial charge in [0.25, 0.3) is 0 Å². The number of hydrogen-bond acceptors (Lipinski definition) is 3. The first-order valence-corrected chi connectivity index (χ1v) is 7.11. The Balaban J connectivity index is 2.73. The maximum Gasteiger partial charge on any atom is 0.127 e. The topological polar surface area (TPSA) is 30.5 Å². The van der Waals surface area contributed by atoms with E-state index in [1.807, 2.05) is 12.1 Å². The Kier molecular flexibility index (Phi) is 6.71. The van der Waals surface area contributed by atoms with Crippen LogP contribution in [0.25, 0.3) is 0 Å². The summed E-state index contributed by atoms with van der Waals surface area (Å²) >= 11 is 0. The third-order valence-corrected chi connectivity index (χ3v) is 3.77. The van der Waals surface area contributed by atoms with Crippen LogP contribution in [0.1, 0.15) is 45.2 Å². The second kappa shape index (κ2) is 8.05. The number of hydrogen-bond donors (Lipinski definition) is 1. The summed E-state index contributed by atoms with van der Waals surface area (Å²) < 4.78 is 10.7. The van der Waals surface area contributed by atoms with Gasteiger partial charge in [-0.15, -0.1) is 0 Å². The van der Waals surface area contributed by atoms with Crippen LogP contribution < -0.4 is 14.8 Å². The fraction of sp³-hybridized carbons (Fsp3) is 0.625. The molecule has 0 aliphatic heterocycles. The highest BCUT2D eigenvalue weighted by Gasteiger charge is 2.13. The third kappa shape index (κ3) is 4.43. The molecule has 0 aromatic heterocycles. The standard InChI is InChI=1S/C16H27NO2/c1-6-13(7-2)11-17-12(3)15-9-8-14(18-4)10-16(15)19-5/h8-10,12-13,17H,6-7,11H2,1-5H3. The molecule has 0 heterocycles. The van der Waals surface area contributed by atoms with Gasteiger partial charge in [-0.2, -0.15) is 0 Å². The van der Waals surface area contributed by atoms with Crippen LogP contribution in [0.3, 0.4) is 0 Å². The maximum atomic E-state index is 5.45. The van der Waals surface area contributed by atoms with Gasteiger partial charge >= 0.3 is 0 Å². The van der Waals surface area contributed by atoms with Gasteiger partial charge < -0.3 is 14.8 Å². The molecule has 0 amide bonds. The highest BCUT2D eigenvalue weighted by Crippen LogP contribution is 2.29. The van der Waals surface area contributed by atoms with Gasteiger partial charge in [-0.25, -0.2) is 0 Å². The predicted octanol–water partition coefficient (Wildman–Crippen LogP) is 3.79. The predicted molar refractivity (Wildman–Crippen MR) is 80.0 cm³/mol. The highest BCUT2D eigenvalue weighted by atomic mass is 16.5. The van der Waals surface area contributed by atoms with E-state index in [0.29, 0.717) is 0 Å². The van der Waals surface area contributed by atoms with Crippen LogP contribution in [0, 0.1) is 5.92 Å². The molecule has 0 aliphatic rings. The summed E-state index contributed by atoms with van der Waals surface area (Å²) in [6, 6.07) is 6.27. The zero-order valence-electron chi connectivity index (χ0n) is 12.8. The molecule has 1 N–H and O–H groups in total. The SMILES string of the molecule is CCC(CC)CNC(C)c1ccc(OC)cc1OC. The quantitative estimate of drug-likeness (QED) is 0.775. The van der Waals surface area contributed by atoms with Crippen LogP contribution in [0.4, 0.5) is 0 Å². The molecule has 3 nitrogen and oxygen atoms in total. The van der Waals surface area contributed by atoms with Crippen LogP contribution in [0.2, 0.25) is 0 Å². The fourth-order valence-electron chi connectivity index (χ4n) is 2.21. The number of ether oxygens (including phenoxy) is 2. The summed E-state index contributed by atoms with van der Waals surface area (Å²) in [4.78, 5) is 0. The maximum absolute atomic E-state index is 5.45. The zero-order valence-corrected chi connectivity index (χ0v) is 12.8. The smallest absolute Gasteiger partial charge is 0.127 e. The molecule has 1 rings (SSSR count). The van der Waals surface area contributed by atoms with Crippen LogP contribution in [-0.2, 0) is 0 Å². The van der Waals surface area contributed by atoms with Gasteiger partial charge in [0.1, 0.15) is 11.5 Å². The third-order valence-electron chi connectivity index (χ3n) is 3.77. The molecular formula is C16H27NO2. The molecule has 1 unspecified atom stereocenters. The van der Waals surface area contributed by atoms with E-state index in [1.165, 1.54) is 18.4 Å². The number of nitrogens with one attached hydrogen (secondary N) is 1. The number of methoxy groups -OCH3 is 2. The van der Waals surface area contributed by atoms with Crippen LogP contribution >= 0.6 is 0 Å². The summed E-state index contributed by atoms with van der Waals surface area (Å²) in [5.74, 6) is 2.45. The Morgan fingerprint density at radius 1 is 1.11 bits per heavy atom. The van der Waals surface area contributed by atoms with Crippen molar-refractivity contribution in [1.82, 2.24) is 5.32 Å². The average Bonchev–Trinajstić information content (AvgIpc) is 2.47. The lowest BCUT2D eigenvalue weighted by molar-refractivity contribution is 0.379. The Labute approximate surface area is 117 Å². The summed E-state index contributed by atoms with van der Waals surface area (Å²) in [7, 11) is 3.37. The van der Waals surface area contributed by atoms with Crippen molar-refractivity contribution in [1.29, 1.82) is 0 Å². The Morgan fingerprint density at radius 2 is 1.79 bits per heavy atom. The van der Waals surface area contributed by atoms with Crippen molar-refractivity contribution in [3.63, 3.8) is 0 Å². The van der Waals surface area contributed by atoms with E-state index in [2.05, 4.69) is 32.2 Å². The molecular weight excluding hydrogens is 238 g/mol. The van der Waals surface area contributed by atoms with E-state index in [-0.39, 0.29) is 6.04 Å². The van der Waals surface area contributed by atoms with Crippen LogP contribution in [0.5, 0.6) is 11.5 Å². The van der Waals surface area contributed by atoms with Crippen molar-refractivity contribution in [3.8, 4) is 11.5 Å². The average molecular weight is 265 g/mol. The second-order valence-electron chi connectivity index (χ2n) is 4.92. The summed E-state index contributed by atoms with van der Waals surface area (Å²) in [6.07, 6.45) is 2.44. The van der Waals surface area contributed by atoms with Crippen LogP contribution in [0.15, 0.2) is 18.2 Å². The molecule has 108 valence electrons. The molecule has 0 radical (unpaired) electrons. The minimum Gasteiger partial charge on any atom is -0.497 e. The zero-order chi connectivity index (χ0) is 14.3. The van der Waals surface area contributed by atoms with E-state index >= 15 is 0 Å². The minimum absolute atomic E-state index is 0.279. The molecule has 19 heavy (non-hydrogen) atoms. The fourth-order valence-corrected chi connectivity index (χ4v) is 2.21. The van der Waals surface area contributed by atoms with Gasteiger partial charge in [-0.3, -0.25) is 0 Å². The Bertz CT molecular complexity index is 375. The Hall–Kier alpha value is -1.22. The number of benzene rings is 1. The monoisotopic (exact) mass is 265 g/mol. The van der Waals surface area contributed by atoms with Crippen molar-refractivity contribution in [2.24, 2.45) is 5.92 Å². The molecule has 0 saturated heterocycles. The van der Waals surface area contributed by atoms with E-state index in [9.17, 15) is 0 Å². The van der Waals surface area contributed by atoms with Crippen molar-refractivity contribution in [3.05, 3.63) is 23.8 Å². The first kappa shape index (κ1) is 15.8. The molecule has 1 aromatic carbocycles. The minimum atomic E-state index is 0.279. The molecule has 0 fully saturated rings.